The van der Waals surface area contributed by atoms with Gasteiger partial charge in [0.15, 0.2) is 0 Å². The molecule has 1 heterocycles. The summed E-state index contributed by atoms with van der Waals surface area (Å²) in [6, 6.07) is 8.42. The van der Waals surface area contributed by atoms with Gasteiger partial charge in [-0.1, -0.05) is 19.1 Å². The summed E-state index contributed by atoms with van der Waals surface area (Å²) in [5.74, 6) is 1.21. The maximum absolute atomic E-state index is 4.76. The summed E-state index contributed by atoms with van der Waals surface area (Å²) in [5, 5.41) is 3.50. The van der Waals surface area contributed by atoms with E-state index in [0.717, 1.165) is 44.5 Å². The number of nitrogens with zero attached hydrogens (tertiary/aromatic N) is 3. The lowest BCUT2D eigenvalue weighted by Gasteiger charge is -2.12. The number of benzene rings is 1. The first kappa shape index (κ1) is 15.0. The van der Waals surface area contributed by atoms with Crippen molar-refractivity contribution in [3.63, 3.8) is 0 Å². The van der Waals surface area contributed by atoms with Crippen LogP contribution >= 0.6 is 0 Å². The van der Waals surface area contributed by atoms with Crippen LogP contribution in [0.1, 0.15) is 19.2 Å². The van der Waals surface area contributed by atoms with E-state index in [9.17, 15) is 0 Å². The van der Waals surface area contributed by atoms with Gasteiger partial charge in [-0.25, -0.2) is 4.98 Å². The Morgan fingerprint density at radius 2 is 2.00 bits per heavy atom. The molecule has 0 aliphatic carbocycles. The average Bonchev–Trinajstić information content (AvgIpc) is 2.76. The number of imidazole rings is 1. The van der Waals surface area contributed by atoms with Crippen molar-refractivity contribution in [3.05, 3.63) is 30.1 Å². The van der Waals surface area contributed by atoms with Gasteiger partial charge >= 0.3 is 0 Å². The quantitative estimate of drug-likeness (QED) is 0.749. The molecule has 0 saturated heterocycles. The monoisotopic (exact) mass is 274 g/mol. The molecule has 110 valence electrons. The van der Waals surface area contributed by atoms with E-state index in [-0.39, 0.29) is 0 Å². The first-order valence-corrected chi connectivity index (χ1v) is 7.52. The standard InChI is InChI=1S/C16H26N4/c1-4-7-16-18-14-8-5-6-9-15(14)20(16)13-11-17-10-12-19(2)3/h5-6,8-9,17H,4,7,10-13H2,1-3H3. The topological polar surface area (TPSA) is 33.1 Å². The molecule has 0 amide bonds. The van der Waals surface area contributed by atoms with Gasteiger partial charge in [-0.2, -0.15) is 0 Å². The van der Waals surface area contributed by atoms with Crippen molar-refractivity contribution < 1.29 is 0 Å². The molecule has 4 heteroatoms. The molecule has 0 saturated carbocycles. The fourth-order valence-electron chi connectivity index (χ4n) is 2.41. The van der Waals surface area contributed by atoms with E-state index < -0.39 is 0 Å². The van der Waals surface area contributed by atoms with Crippen LogP contribution in [0.2, 0.25) is 0 Å². The molecule has 2 aromatic rings. The molecule has 0 bridgehead atoms. The highest BCUT2D eigenvalue weighted by molar-refractivity contribution is 5.75. The molecule has 2 rings (SSSR count). The van der Waals surface area contributed by atoms with Crippen LogP contribution in [0.5, 0.6) is 0 Å². The molecule has 1 N–H and O–H groups in total. The van der Waals surface area contributed by atoms with Gasteiger partial charge in [0, 0.05) is 32.6 Å². The Hall–Kier alpha value is -1.39. The van der Waals surface area contributed by atoms with Crippen LogP contribution in [-0.2, 0) is 13.0 Å². The highest BCUT2D eigenvalue weighted by Crippen LogP contribution is 2.16. The lowest BCUT2D eigenvalue weighted by Crippen LogP contribution is -2.29. The van der Waals surface area contributed by atoms with Crippen LogP contribution < -0.4 is 5.32 Å². The van der Waals surface area contributed by atoms with Gasteiger partial charge in [-0.05, 0) is 32.6 Å². The van der Waals surface area contributed by atoms with Crippen LogP contribution in [0.25, 0.3) is 11.0 Å². The van der Waals surface area contributed by atoms with Gasteiger partial charge in [0.1, 0.15) is 5.82 Å². The largest absolute Gasteiger partial charge is 0.327 e. The second-order valence-electron chi connectivity index (χ2n) is 5.47. The summed E-state index contributed by atoms with van der Waals surface area (Å²) < 4.78 is 2.36. The van der Waals surface area contributed by atoms with Crippen LogP contribution in [-0.4, -0.2) is 48.2 Å². The Labute approximate surface area is 121 Å². The van der Waals surface area contributed by atoms with Crippen LogP contribution in [0.4, 0.5) is 0 Å². The Kier molecular flexibility index (Phi) is 5.56. The molecule has 1 aromatic carbocycles. The van der Waals surface area contributed by atoms with Crippen molar-refractivity contribution in [2.45, 2.75) is 26.3 Å². The van der Waals surface area contributed by atoms with Crippen molar-refractivity contribution in [2.75, 3.05) is 33.7 Å². The molecule has 4 nitrogen and oxygen atoms in total. The predicted molar refractivity (Wildman–Crippen MR) is 85.2 cm³/mol. The number of hydrogen-bond acceptors (Lipinski definition) is 3. The number of para-hydroxylation sites is 2. The van der Waals surface area contributed by atoms with Crippen molar-refractivity contribution in [1.29, 1.82) is 0 Å². The fraction of sp³-hybridized carbons (Fsp3) is 0.562. The zero-order valence-corrected chi connectivity index (χ0v) is 12.9. The zero-order chi connectivity index (χ0) is 14.4. The molecule has 0 atom stereocenters. The van der Waals surface area contributed by atoms with E-state index in [1.54, 1.807) is 0 Å². The van der Waals surface area contributed by atoms with Crippen LogP contribution in [0, 0.1) is 0 Å². The average molecular weight is 274 g/mol. The van der Waals surface area contributed by atoms with E-state index in [4.69, 9.17) is 4.98 Å². The van der Waals surface area contributed by atoms with E-state index in [1.165, 1.54) is 11.3 Å². The fourth-order valence-corrected chi connectivity index (χ4v) is 2.41. The molecule has 0 unspecified atom stereocenters. The van der Waals surface area contributed by atoms with Gasteiger partial charge < -0.3 is 14.8 Å². The van der Waals surface area contributed by atoms with Gasteiger partial charge in [-0.3, -0.25) is 0 Å². The first-order chi connectivity index (χ1) is 9.72. The molecule has 0 spiro atoms. The Bertz CT molecular complexity index is 530. The number of hydrogen-bond donors (Lipinski definition) is 1. The summed E-state index contributed by atoms with van der Waals surface area (Å²) in [6.45, 7) is 6.29. The van der Waals surface area contributed by atoms with E-state index in [2.05, 4.69) is 60.1 Å². The SMILES string of the molecule is CCCc1nc2ccccc2n1CCNCCN(C)C. The van der Waals surface area contributed by atoms with Crippen molar-refractivity contribution >= 4 is 11.0 Å². The number of likely N-dealkylation sites (N-methyl/N-ethyl adjacent to an activating group) is 1. The maximum Gasteiger partial charge on any atom is 0.109 e. The van der Waals surface area contributed by atoms with Gasteiger partial charge in [0.05, 0.1) is 11.0 Å². The third kappa shape index (κ3) is 3.81. The lowest BCUT2D eigenvalue weighted by atomic mass is 10.3. The molecular formula is C16H26N4. The smallest absolute Gasteiger partial charge is 0.109 e. The summed E-state index contributed by atoms with van der Waals surface area (Å²) in [4.78, 5) is 6.95. The lowest BCUT2D eigenvalue weighted by molar-refractivity contribution is 0.397. The molecular weight excluding hydrogens is 248 g/mol. The molecule has 0 aliphatic heterocycles. The highest BCUT2D eigenvalue weighted by atomic mass is 15.1. The molecule has 0 aliphatic rings. The third-order valence-corrected chi connectivity index (χ3v) is 3.46. The Morgan fingerprint density at radius 1 is 1.20 bits per heavy atom. The highest BCUT2D eigenvalue weighted by Gasteiger charge is 2.08. The number of aromatic nitrogens is 2. The second kappa shape index (κ2) is 7.41. The molecule has 1 aromatic heterocycles. The summed E-state index contributed by atoms with van der Waals surface area (Å²) in [5.41, 5.74) is 2.37. The molecule has 0 fully saturated rings. The van der Waals surface area contributed by atoms with E-state index in [1.807, 2.05) is 0 Å². The van der Waals surface area contributed by atoms with Crippen LogP contribution in [0.15, 0.2) is 24.3 Å². The molecule has 0 radical (unpaired) electrons. The number of fused-ring (bicyclic) bond motifs is 1. The predicted octanol–water partition coefficient (Wildman–Crippen LogP) is 2.14. The molecule has 20 heavy (non-hydrogen) atoms. The Balaban J connectivity index is 2.01. The van der Waals surface area contributed by atoms with Crippen molar-refractivity contribution in [1.82, 2.24) is 19.8 Å². The number of rotatable bonds is 8. The first-order valence-electron chi connectivity index (χ1n) is 7.52. The third-order valence-electron chi connectivity index (χ3n) is 3.46. The van der Waals surface area contributed by atoms with Crippen molar-refractivity contribution in [3.8, 4) is 0 Å². The number of aryl methyl sites for hydroxylation is 1. The normalized spacial score (nSPS) is 11.6. The minimum absolute atomic E-state index is 0.989. The maximum atomic E-state index is 4.76. The van der Waals surface area contributed by atoms with Gasteiger partial charge in [0.2, 0.25) is 0 Å². The van der Waals surface area contributed by atoms with E-state index in [0.29, 0.717) is 0 Å². The van der Waals surface area contributed by atoms with Crippen LogP contribution in [0.3, 0.4) is 0 Å². The van der Waals surface area contributed by atoms with Gasteiger partial charge in [0.25, 0.3) is 0 Å². The minimum atomic E-state index is 0.989. The summed E-state index contributed by atoms with van der Waals surface area (Å²) in [6.07, 6.45) is 2.18. The minimum Gasteiger partial charge on any atom is -0.327 e. The second-order valence-corrected chi connectivity index (χ2v) is 5.47. The summed E-state index contributed by atoms with van der Waals surface area (Å²) in [7, 11) is 4.20. The number of nitrogens with one attached hydrogen (secondary N) is 1. The zero-order valence-electron chi connectivity index (χ0n) is 12.9. The Morgan fingerprint density at radius 3 is 2.75 bits per heavy atom. The van der Waals surface area contributed by atoms with E-state index >= 15 is 0 Å². The summed E-state index contributed by atoms with van der Waals surface area (Å²) >= 11 is 0. The van der Waals surface area contributed by atoms with Crippen molar-refractivity contribution in [2.24, 2.45) is 0 Å². The van der Waals surface area contributed by atoms with Gasteiger partial charge in [-0.15, -0.1) is 0 Å².